The van der Waals surface area contributed by atoms with Crippen molar-refractivity contribution >= 4 is 40.7 Å². The largest absolute Gasteiger partial charge is 0.463 e. The van der Waals surface area contributed by atoms with Crippen LogP contribution in [0.4, 0.5) is 0 Å². The summed E-state index contributed by atoms with van der Waals surface area (Å²) in [5, 5.41) is 4.45. The van der Waals surface area contributed by atoms with E-state index in [9.17, 15) is 4.79 Å². The number of hydrogen-bond donors (Lipinski definition) is 2. The molecule has 1 amide bonds. The number of carbonyl (C=O) groups excluding carboxylic acids is 1. The zero-order valence-electron chi connectivity index (χ0n) is 11.6. The summed E-state index contributed by atoms with van der Waals surface area (Å²) in [5.41, 5.74) is 0.897. The Hall–Kier alpha value is -1.20. The SMILES string of the molecule is O=C(Cc1ccccc1)N[C@H]([NH2+]Cc1ccco1)C(Cl)(Cl)Cl. The molecule has 1 aromatic heterocycles. The number of carbonyl (C=O) groups is 1. The van der Waals surface area contributed by atoms with E-state index in [1.807, 2.05) is 36.4 Å². The third kappa shape index (κ3) is 5.54. The lowest BCUT2D eigenvalue weighted by Gasteiger charge is -2.23. The maximum absolute atomic E-state index is 12.1. The molecule has 0 saturated heterocycles. The highest BCUT2D eigenvalue weighted by atomic mass is 35.6. The Morgan fingerprint density at radius 2 is 1.91 bits per heavy atom. The minimum absolute atomic E-state index is 0.210. The third-order valence-electron chi connectivity index (χ3n) is 3.01. The standard InChI is InChI=1S/C15H15Cl3N2O2/c16-15(17,18)14(19-10-12-7-4-8-22-12)20-13(21)9-11-5-2-1-3-6-11/h1-8,14,19H,9-10H2,(H,20,21)/p+1/t14-/m0/s1. The van der Waals surface area contributed by atoms with Gasteiger partial charge in [0.15, 0.2) is 5.76 Å². The summed E-state index contributed by atoms with van der Waals surface area (Å²) in [4.78, 5) is 12.1. The topological polar surface area (TPSA) is 58.9 Å². The molecule has 7 heteroatoms. The van der Waals surface area contributed by atoms with E-state index in [4.69, 9.17) is 39.2 Å². The first-order valence-corrected chi connectivity index (χ1v) is 7.84. The summed E-state index contributed by atoms with van der Waals surface area (Å²) in [7, 11) is 0. The Morgan fingerprint density at radius 1 is 1.18 bits per heavy atom. The first-order chi connectivity index (χ1) is 10.4. The molecule has 3 N–H and O–H groups in total. The Labute approximate surface area is 143 Å². The van der Waals surface area contributed by atoms with Crippen LogP contribution in [0.1, 0.15) is 11.3 Å². The van der Waals surface area contributed by atoms with Gasteiger partial charge in [-0.1, -0.05) is 65.1 Å². The average molecular weight is 363 g/mol. The molecule has 0 radical (unpaired) electrons. The molecule has 0 fully saturated rings. The minimum Gasteiger partial charge on any atom is -0.463 e. The number of nitrogens with one attached hydrogen (secondary N) is 1. The average Bonchev–Trinajstić information content (AvgIpc) is 2.96. The van der Waals surface area contributed by atoms with Crippen molar-refractivity contribution in [2.45, 2.75) is 22.9 Å². The fourth-order valence-electron chi connectivity index (χ4n) is 1.94. The van der Waals surface area contributed by atoms with E-state index in [1.54, 1.807) is 17.6 Å². The maximum atomic E-state index is 12.1. The molecular weight excluding hydrogens is 347 g/mol. The third-order valence-corrected chi connectivity index (χ3v) is 3.72. The van der Waals surface area contributed by atoms with Gasteiger partial charge in [0.05, 0.1) is 12.7 Å². The molecule has 2 rings (SSSR count). The van der Waals surface area contributed by atoms with Crippen LogP contribution in [0.3, 0.4) is 0 Å². The van der Waals surface area contributed by atoms with Gasteiger partial charge in [-0.05, 0) is 17.7 Å². The van der Waals surface area contributed by atoms with Gasteiger partial charge in [0, 0.05) is 0 Å². The Morgan fingerprint density at radius 3 is 2.50 bits per heavy atom. The summed E-state index contributed by atoms with van der Waals surface area (Å²) < 4.78 is 3.60. The first kappa shape index (κ1) is 17.2. The van der Waals surface area contributed by atoms with Crippen molar-refractivity contribution < 1.29 is 14.5 Å². The van der Waals surface area contributed by atoms with Crippen molar-refractivity contribution in [3.05, 3.63) is 60.1 Å². The molecule has 0 saturated carbocycles. The second kappa shape index (κ2) is 7.88. The van der Waals surface area contributed by atoms with Crippen molar-refractivity contribution in [1.29, 1.82) is 0 Å². The molecule has 118 valence electrons. The highest BCUT2D eigenvalue weighted by Crippen LogP contribution is 2.27. The number of hydrogen-bond acceptors (Lipinski definition) is 2. The van der Waals surface area contributed by atoms with Gasteiger partial charge in [-0.2, -0.15) is 0 Å². The van der Waals surface area contributed by atoms with Crippen LogP contribution in [0, 0.1) is 0 Å². The van der Waals surface area contributed by atoms with Crippen molar-refractivity contribution in [1.82, 2.24) is 5.32 Å². The minimum atomic E-state index is -1.63. The molecule has 0 unspecified atom stereocenters. The molecule has 2 aromatic rings. The highest BCUT2D eigenvalue weighted by molar-refractivity contribution is 6.68. The Kier molecular flexibility index (Phi) is 6.15. The van der Waals surface area contributed by atoms with Crippen molar-refractivity contribution in [2.75, 3.05) is 0 Å². The van der Waals surface area contributed by atoms with E-state index in [0.717, 1.165) is 11.3 Å². The number of benzene rings is 1. The molecular formula is C15H16Cl3N2O2+. The molecule has 1 heterocycles. The molecule has 4 nitrogen and oxygen atoms in total. The van der Waals surface area contributed by atoms with Crippen LogP contribution in [0.5, 0.6) is 0 Å². The van der Waals surface area contributed by atoms with E-state index < -0.39 is 9.96 Å². The summed E-state index contributed by atoms with van der Waals surface area (Å²) in [5.74, 6) is 0.523. The van der Waals surface area contributed by atoms with Gasteiger partial charge in [0.2, 0.25) is 12.1 Å². The highest BCUT2D eigenvalue weighted by Gasteiger charge is 2.37. The molecule has 0 spiro atoms. The predicted octanol–water partition coefficient (Wildman–Crippen LogP) is 2.40. The Bertz CT molecular complexity index is 583. The zero-order valence-corrected chi connectivity index (χ0v) is 13.9. The number of amides is 1. The van der Waals surface area contributed by atoms with E-state index in [2.05, 4.69) is 5.32 Å². The number of furan rings is 1. The van der Waals surface area contributed by atoms with E-state index in [0.29, 0.717) is 6.54 Å². The zero-order chi connectivity index (χ0) is 16.0. The second-order valence-electron chi connectivity index (χ2n) is 4.77. The van der Waals surface area contributed by atoms with Gasteiger partial charge >= 0.3 is 0 Å². The van der Waals surface area contributed by atoms with Crippen LogP contribution in [-0.2, 0) is 17.8 Å². The van der Waals surface area contributed by atoms with Crippen LogP contribution in [0.15, 0.2) is 53.1 Å². The monoisotopic (exact) mass is 361 g/mol. The van der Waals surface area contributed by atoms with Crippen molar-refractivity contribution in [3.63, 3.8) is 0 Å². The molecule has 0 bridgehead atoms. The lowest BCUT2D eigenvalue weighted by molar-refractivity contribution is -0.708. The van der Waals surface area contributed by atoms with E-state index >= 15 is 0 Å². The number of alkyl halides is 3. The van der Waals surface area contributed by atoms with Crippen LogP contribution in [0.25, 0.3) is 0 Å². The van der Waals surface area contributed by atoms with Crippen LogP contribution in [0.2, 0.25) is 0 Å². The fraction of sp³-hybridized carbons (Fsp3) is 0.267. The van der Waals surface area contributed by atoms with Crippen molar-refractivity contribution in [3.8, 4) is 0 Å². The van der Waals surface area contributed by atoms with Crippen molar-refractivity contribution in [2.24, 2.45) is 0 Å². The van der Waals surface area contributed by atoms with Gasteiger partial charge in [0.25, 0.3) is 3.79 Å². The van der Waals surface area contributed by atoms with Crippen LogP contribution in [-0.4, -0.2) is 15.9 Å². The van der Waals surface area contributed by atoms with E-state index in [-0.39, 0.29) is 12.3 Å². The first-order valence-electron chi connectivity index (χ1n) is 6.71. The lowest BCUT2D eigenvalue weighted by Crippen LogP contribution is -2.95. The molecule has 1 atom stereocenters. The summed E-state index contributed by atoms with van der Waals surface area (Å²) >= 11 is 17.8. The summed E-state index contributed by atoms with van der Waals surface area (Å²) in [6, 6.07) is 13.0. The smallest absolute Gasteiger partial charge is 0.262 e. The van der Waals surface area contributed by atoms with Gasteiger partial charge < -0.3 is 15.1 Å². The van der Waals surface area contributed by atoms with Gasteiger partial charge in [-0.3, -0.25) is 4.79 Å². The fourth-order valence-corrected chi connectivity index (χ4v) is 2.37. The number of quaternary nitrogens is 1. The molecule has 0 aliphatic rings. The quantitative estimate of drug-likeness (QED) is 0.612. The number of rotatable bonds is 6. The van der Waals surface area contributed by atoms with Gasteiger partial charge in [0.1, 0.15) is 6.54 Å². The van der Waals surface area contributed by atoms with Crippen LogP contribution < -0.4 is 10.6 Å². The molecule has 0 aliphatic heterocycles. The molecule has 22 heavy (non-hydrogen) atoms. The summed E-state index contributed by atoms with van der Waals surface area (Å²) in [6.45, 7) is 0.456. The Balaban J connectivity index is 1.93. The van der Waals surface area contributed by atoms with Gasteiger partial charge in [-0.25, -0.2) is 0 Å². The number of nitrogens with two attached hydrogens (primary N) is 1. The number of halogens is 3. The van der Waals surface area contributed by atoms with E-state index in [1.165, 1.54) is 0 Å². The molecule has 0 aliphatic carbocycles. The maximum Gasteiger partial charge on any atom is 0.262 e. The van der Waals surface area contributed by atoms with Gasteiger partial charge in [-0.15, -0.1) is 0 Å². The van der Waals surface area contributed by atoms with Crippen LogP contribution >= 0.6 is 34.8 Å². The molecule has 1 aromatic carbocycles. The predicted molar refractivity (Wildman–Crippen MR) is 86.7 cm³/mol. The lowest BCUT2D eigenvalue weighted by atomic mass is 10.1. The second-order valence-corrected chi connectivity index (χ2v) is 7.14. The normalized spacial score (nSPS) is 12.9. The summed E-state index contributed by atoms with van der Waals surface area (Å²) in [6.07, 6.45) is 1.09.